The molecule has 1 aromatic carbocycles. The molecule has 24 heavy (non-hydrogen) atoms. The highest BCUT2D eigenvalue weighted by molar-refractivity contribution is 6.01. The Morgan fingerprint density at radius 3 is 2.62 bits per heavy atom. The van der Waals surface area contributed by atoms with Crippen LogP contribution in [0, 0.1) is 0 Å². The highest BCUT2D eigenvalue weighted by Gasteiger charge is 2.04. The summed E-state index contributed by atoms with van der Waals surface area (Å²) in [5, 5.41) is 2.72. The van der Waals surface area contributed by atoms with Gasteiger partial charge in [-0.25, -0.2) is 4.98 Å². The topological polar surface area (TPSA) is 69.7 Å². The summed E-state index contributed by atoms with van der Waals surface area (Å²) < 4.78 is 15.7. The highest BCUT2D eigenvalue weighted by Crippen LogP contribution is 2.28. The number of amides is 1. The third kappa shape index (κ3) is 4.74. The Labute approximate surface area is 141 Å². The van der Waals surface area contributed by atoms with Crippen LogP contribution in [0.25, 0.3) is 6.08 Å². The van der Waals surface area contributed by atoms with Crippen LogP contribution in [0.3, 0.4) is 0 Å². The van der Waals surface area contributed by atoms with Gasteiger partial charge in [0, 0.05) is 12.1 Å². The van der Waals surface area contributed by atoms with E-state index in [1.54, 1.807) is 25.3 Å². The number of nitrogens with one attached hydrogen (secondary N) is 1. The number of hydrogen-bond acceptors (Lipinski definition) is 5. The van der Waals surface area contributed by atoms with Crippen LogP contribution in [0.15, 0.2) is 42.6 Å². The molecule has 0 bridgehead atoms. The van der Waals surface area contributed by atoms with Crippen LogP contribution in [-0.4, -0.2) is 31.7 Å². The van der Waals surface area contributed by atoms with Crippen molar-refractivity contribution < 1.29 is 19.0 Å². The van der Waals surface area contributed by atoms with Gasteiger partial charge in [-0.1, -0.05) is 6.07 Å². The quantitative estimate of drug-likeness (QED) is 0.791. The first kappa shape index (κ1) is 17.3. The molecule has 0 saturated carbocycles. The second-order valence-electron chi connectivity index (χ2n) is 4.76. The molecule has 6 nitrogen and oxygen atoms in total. The van der Waals surface area contributed by atoms with E-state index in [0.29, 0.717) is 29.7 Å². The van der Waals surface area contributed by atoms with Crippen LogP contribution in [0.5, 0.6) is 17.4 Å². The third-order valence-corrected chi connectivity index (χ3v) is 3.13. The number of pyridine rings is 1. The molecular formula is C18H20N2O4. The lowest BCUT2D eigenvalue weighted by Crippen LogP contribution is -2.07. The molecule has 1 amide bonds. The summed E-state index contributed by atoms with van der Waals surface area (Å²) in [7, 11) is 3.11. The van der Waals surface area contributed by atoms with Crippen LogP contribution in [-0.2, 0) is 4.79 Å². The maximum Gasteiger partial charge on any atom is 0.248 e. The molecule has 0 saturated heterocycles. The number of rotatable bonds is 7. The van der Waals surface area contributed by atoms with E-state index in [0.717, 1.165) is 5.56 Å². The fraction of sp³-hybridized carbons (Fsp3) is 0.222. The van der Waals surface area contributed by atoms with Gasteiger partial charge < -0.3 is 19.5 Å². The van der Waals surface area contributed by atoms with E-state index in [4.69, 9.17) is 14.2 Å². The minimum absolute atomic E-state index is 0.255. The van der Waals surface area contributed by atoms with Crippen LogP contribution in [0.4, 0.5) is 5.69 Å². The lowest BCUT2D eigenvalue weighted by atomic mass is 10.2. The van der Waals surface area contributed by atoms with Crippen molar-refractivity contribution in [1.82, 2.24) is 4.98 Å². The zero-order chi connectivity index (χ0) is 17.4. The number of benzene rings is 1. The summed E-state index contributed by atoms with van der Waals surface area (Å²) in [6.07, 6.45) is 4.67. The number of ether oxygens (including phenoxy) is 3. The van der Waals surface area contributed by atoms with Gasteiger partial charge in [0.1, 0.15) is 0 Å². The van der Waals surface area contributed by atoms with Crippen molar-refractivity contribution in [3.8, 4) is 17.4 Å². The summed E-state index contributed by atoms with van der Waals surface area (Å²) in [6, 6.07) is 8.87. The maximum absolute atomic E-state index is 12.0. The highest BCUT2D eigenvalue weighted by atomic mass is 16.5. The van der Waals surface area contributed by atoms with Crippen LogP contribution in [0.1, 0.15) is 12.5 Å². The zero-order valence-corrected chi connectivity index (χ0v) is 13.9. The van der Waals surface area contributed by atoms with E-state index in [1.807, 2.05) is 25.1 Å². The molecule has 126 valence electrons. The van der Waals surface area contributed by atoms with Gasteiger partial charge in [-0.15, -0.1) is 0 Å². The molecule has 0 atom stereocenters. The second kappa shape index (κ2) is 8.57. The molecule has 1 heterocycles. The fourth-order valence-corrected chi connectivity index (χ4v) is 1.99. The van der Waals surface area contributed by atoms with Crippen molar-refractivity contribution >= 4 is 17.7 Å². The summed E-state index contributed by atoms with van der Waals surface area (Å²) >= 11 is 0. The minimum atomic E-state index is -0.255. The number of hydrogen-bond donors (Lipinski definition) is 1. The minimum Gasteiger partial charge on any atom is -0.493 e. The molecule has 0 fully saturated rings. The summed E-state index contributed by atoms with van der Waals surface area (Å²) in [5.74, 6) is 1.53. The van der Waals surface area contributed by atoms with Crippen molar-refractivity contribution in [1.29, 1.82) is 0 Å². The Kier molecular flexibility index (Phi) is 6.19. The maximum atomic E-state index is 12.0. The lowest BCUT2D eigenvalue weighted by molar-refractivity contribution is -0.111. The van der Waals surface area contributed by atoms with E-state index >= 15 is 0 Å². The van der Waals surface area contributed by atoms with Crippen LogP contribution in [0.2, 0.25) is 0 Å². The smallest absolute Gasteiger partial charge is 0.248 e. The van der Waals surface area contributed by atoms with E-state index < -0.39 is 0 Å². The predicted molar refractivity (Wildman–Crippen MR) is 92.6 cm³/mol. The Balaban J connectivity index is 2.02. The van der Waals surface area contributed by atoms with Gasteiger partial charge in [0.05, 0.1) is 32.7 Å². The number of aromatic nitrogens is 1. The first-order valence-electron chi connectivity index (χ1n) is 7.46. The van der Waals surface area contributed by atoms with Gasteiger partial charge in [-0.05, 0) is 36.8 Å². The first-order valence-corrected chi connectivity index (χ1v) is 7.46. The molecule has 2 aromatic rings. The number of carbonyl (C=O) groups excluding carboxylic acids is 1. The van der Waals surface area contributed by atoms with Crippen molar-refractivity contribution in [2.45, 2.75) is 6.92 Å². The van der Waals surface area contributed by atoms with Crippen LogP contribution < -0.4 is 19.5 Å². The molecule has 1 aromatic heterocycles. The molecule has 1 N–H and O–H groups in total. The SMILES string of the molecule is CCOc1ccc(/C=C/C(=O)Nc2ccc(OC)nc2)cc1OC. The molecule has 0 unspecified atom stereocenters. The van der Waals surface area contributed by atoms with Gasteiger partial charge in [0.25, 0.3) is 0 Å². The standard InChI is InChI=1S/C18H20N2O4/c1-4-24-15-8-5-13(11-16(15)22-2)6-9-17(21)20-14-7-10-18(23-3)19-12-14/h5-12H,4H2,1-3H3,(H,20,21)/b9-6+. The van der Waals surface area contributed by atoms with E-state index in [1.165, 1.54) is 19.4 Å². The fourth-order valence-electron chi connectivity index (χ4n) is 1.99. The number of nitrogens with zero attached hydrogens (tertiary/aromatic N) is 1. The first-order chi connectivity index (χ1) is 11.7. The van der Waals surface area contributed by atoms with Gasteiger partial charge in [-0.3, -0.25) is 4.79 Å². The number of methoxy groups -OCH3 is 2. The second-order valence-corrected chi connectivity index (χ2v) is 4.76. The average Bonchev–Trinajstić information content (AvgIpc) is 2.61. The van der Waals surface area contributed by atoms with E-state index in [9.17, 15) is 4.79 Å². The predicted octanol–water partition coefficient (Wildman–Crippen LogP) is 3.15. The van der Waals surface area contributed by atoms with Crippen molar-refractivity contribution in [2.75, 3.05) is 26.1 Å². The molecule has 0 aliphatic heterocycles. The van der Waals surface area contributed by atoms with Crippen molar-refractivity contribution in [3.63, 3.8) is 0 Å². The third-order valence-electron chi connectivity index (χ3n) is 3.13. The van der Waals surface area contributed by atoms with Gasteiger partial charge in [0.15, 0.2) is 11.5 Å². The molecule has 0 aliphatic carbocycles. The Morgan fingerprint density at radius 2 is 2.00 bits per heavy atom. The van der Waals surface area contributed by atoms with Crippen molar-refractivity contribution in [2.24, 2.45) is 0 Å². The summed E-state index contributed by atoms with van der Waals surface area (Å²) in [6.45, 7) is 2.47. The van der Waals surface area contributed by atoms with Crippen molar-refractivity contribution in [3.05, 3.63) is 48.2 Å². The van der Waals surface area contributed by atoms with E-state index in [2.05, 4.69) is 10.3 Å². The summed E-state index contributed by atoms with van der Waals surface area (Å²) in [4.78, 5) is 16.0. The normalized spacial score (nSPS) is 10.5. The van der Waals surface area contributed by atoms with E-state index in [-0.39, 0.29) is 5.91 Å². The van der Waals surface area contributed by atoms with Gasteiger partial charge in [-0.2, -0.15) is 0 Å². The molecular weight excluding hydrogens is 308 g/mol. The summed E-state index contributed by atoms with van der Waals surface area (Å²) in [5.41, 5.74) is 1.42. The Bertz CT molecular complexity index is 711. The number of anilines is 1. The van der Waals surface area contributed by atoms with Gasteiger partial charge >= 0.3 is 0 Å². The lowest BCUT2D eigenvalue weighted by Gasteiger charge is -2.09. The average molecular weight is 328 g/mol. The largest absolute Gasteiger partial charge is 0.493 e. The molecule has 0 aliphatic rings. The zero-order valence-electron chi connectivity index (χ0n) is 13.9. The molecule has 0 radical (unpaired) electrons. The molecule has 6 heteroatoms. The van der Waals surface area contributed by atoms with Gasteiger partial charge in [0.2, 0.25) is 11.8 Å². The monoisotopic (exact) mass is 328 g/mol. The molecule has 2 rings (SSSR count). The molecule has 0 spiro atoms. The Hall–Kier alpha value is -3.02. The Morgan fingerprint density at radius 1 is 1.17 bits per heavy atom. The number of carbonyl (C=O) groups is 1. The van der Waals surface area contributed by atoms with Crippen LogP contribution >= 0.6 is 0 Å².